The minimum absolute atomic E-state index is 0.00358. The van der Waals surface area contributed by atoms with Crippen molar-refractivity contribution >= 4 is 40.8 Å². The zero-order valence-corrected chi connectivity index (χ0v) is 19.6. The van der Waals surface area contributed by atoms with Gasteiger partial charge in [0.25, 0.3) is 0 Å². The maximum absolute atomic E-state index is 13.5. The average Bonchev–Trinajstić information content (AvgIpc) is 3.23. The van der Waals surface area contributed by atoms with E-state index in [9.17, 15) is 27.9 Å². The monoisotopic (exact) mass is 514 g/mol. The van der Waals surface area contributed by atoms with Crippen LogP contribution in [0.15, 0.2) is 42.5 Å². The Morgan fingerprint density at radius 1 is 0.941 bits per heavy atom. The van der Waals surface area contributed by atoms with Crippen LogP contribution in [0, 0.1) is 5.92 Å². The van der Waals surface area contributed by atoms with Gasteiger partial charge in [-0.25, -0.2) is 4.79 Å². The third-order valence-corrected chi connectivity index (χ3v) is 7.30. The second kappa shape index (κ2) is 9.66. The largest absolute Gasteiger partial charge is 0.480 e. The summed E-state index contributed by atoms with van der Waals surface area (Å²) < 4.78 is 38.8. The minimum Gasteiger partial charge on any atom is -0.480 e. The molecule has 0 aliphatic carbocycles. The number of carbonyl (C=O) groups is 2. The van der Waals surface area contributed by atoms with E-state index in [0.29, 0.717) is 49.5 Å². The molecule has 10 heteroatoms. The lowest BCUT2D eigenvalue weighted by Gasteiger charge is -2.37. The summed E-state index contributed by atoms with van der Waals surface area (Å²) in [5.74, 6) is -1.67. The van der Waals surface area contributed by atoms with Crippen LogP contribution in [-0.2, 0) is 15.8 Å². The molecule has 34 heavy (non-hydrogen) atoms. The molecule has 2 aromatic rings. The number of carboxylic acid groups (broad SMARTS) is 1. The van der Waals surface area contributed by atoms with Crippen molar-refractivity contribution in [3.63, 3.8) is 0 Å². The zero-order valence-electron chi connectivity index (χ0n) is 18.1. The van der Waals surface area contributed by atoms with E-state index in [1.807, 2.05) is 17.0 Å². The smallest absolute Gasteiger partial charge is 0.416 e. The van der Waals surface area contributed by atoms with Gasteiger partial charge in [-0.3, -0.25) is 4.79 Å². The van der Waals surface area contributed by atoms with E-state index in [-0.39, 0.29) is 10.9 Å². The summed E-state index contributed by atoms with van der Waals surface area (Å²) in [4.78, 5) is 28.8. The lowest BCUT2D eigenvalue weighted by molar-refractivity contribution is -0.152. The molecule has 2 heterocycles. The van der Waals surface area contributed by atoms with Crippen LogP contribution >= 0.6 is 23.2 Å². The van der Waals surface area contributed by atoms with Crippen molar-refractivity contribution in [2.24, 2.45) is 5.92 Å². The predicted octanol–water partition coefficient (Wildman–Crippen LogP) is 6.05. The van der Waals surface area contributed by atoms with Gasteiger partial charge < -0.3 is 14.9 Å². The van der Waals surface area contributed by atoms with E-state index in [1.165, 1.54) is 11.0 Å². The number of hydrogen-bond donors (Lipinski definition) is 1. The molecule has 2 aliphatic rings. The van der Waals surface area contributed by atoms with Crippen molar-refractivity contribution in [3.8, 4) is 0 Å². The fourth-order valence-corrected chi connectivity index (χ4v) is 5.49. The number of benzene rings is 2. The van der Waals surface area contributed by atoms with E-state index < -0.39 is 35.7 Å². The van der Waals surface area contributed by atoms with Crippen LogP contribution in [0.25, 0.3) is 0 Å². The van der Waals surface area contributed by atoms with Gasteiger partial charge in [0.05, 0.1) is 22.3 Å². The van der Waals surface area contributed by atoms with Crippen LogP contribution in [0.3, 0.4) is 0 Å². The average molecular weight is 515 g/mol. The maximum Gasteiger partial charge on any atom is 0.416 e. The summed E-state index contributed by atoms with van der Waals surface area (Å²) in [6.45, 7) is 0.841. The minimum atomic E-state index is -4.48. The van der Waals surface area contributed by atoms with Crippen molar-refractivity contribution in [1.29, 1.82) is 0 Å². The van der Waals surface area contributed by atoms with Crippen molar-refractivity contribution in [2.75, 3.05) is 18.0 Å². The Morgan fingerprint density at radius 3 is 2.21 bits per heavy atom. The first kappa shape index (κ1) is 24.7. The van der Waals surface area contributed by atoms with E-state index in [1.54, 1.807) is 12.1 Å². The van der Waals surface area contributed by atoms with Gasteiger partial charge in [-0.1, -0.05) is 41.4 Å². The van der Waals surface area contributed by atoms with Gasteiger partial charge in [0.15, 0.2) is 0 Å². The van der Waals surface area contributed by atoms with Crippen LogP contribution in [0.4, 0.5) is 18.9 Å². The van der Waals surface area contributed by atoms with E-state index >= 15 is 0 Å². The number of hydrogen-bond acceptors (Lipinski definition) is 3. The highest BCUT2D eigenvalue weighted by Gasteiger charge is 2.44. The van der Waals surface area contributed by atoms with Gasteiger partial charge in [-0.05, 0) is 55.5 Å². The number of alkyl halides is 3. The number of amides is 1. The van der Waals surface area contributed by atoms with Gasteiger partial charge in [-0.15, -0.1) is 0 Å². The molecular formula is C24H23Cl2F3N2O3. The molecular weight excluding hydrogens is 492 g/mol. The van der Waals surface area contributed by atoms with Gasteiger partial charge >= 0.3 is 12.1 Å². The number of anilines is 1. The summed E-state index contributed by atoms with van der Waals surface area (Å²) in [6.07, 6.45) is -2.75. The topological polar surface area (TPSA) is 60.9 Å². The SMILES string of the molecule is O=C(O)[C@@H]1CC[C@H](c2ccccc2Cl)N1C(=O)C1CCN(c2ccc(C(F)(F)F)cc2Cl)CC1. The molecule has 2 atom stereocenters. The first-order chi connectivity index (χ1) is 16.1. The van der Waals surface area contributed by atoms with Crippen LogP contribution in [0.5, 0.6) is 0 Å². The van der Waals surface area contributed by atoms with Crippen molar-refractivity contribution < 1.29 is 27.9 Å². The van der Waals surface area contributed by atoms with E-state index in [4.69, 9.17) is 23.2 Å². The summed E-state index contributed by atoms with van der Waals surface area (Å²) in [7, 11) is 0. The first-order valence-corrected chi connectivity index (χ1v) is 11.7. The lowest BCUT2D eigenvalue weighted by Crippen LogP contribution is -2.47. The standard InChI is InChI=1S/C24H23Cl2F3N2O3/c25-17-4-2-1-3-16(17)19-7-8-21(23(33)34)31(19)22(32)14-9-11-30(12-10-14)20-6-5-15(13-18(20)26)24(27,28)29/h1-6,13-14,19,21H,7-12H2,(H,33,34)/t19-,21+/m1/s1. The number of rotatable bonds is 4. The number of carbonyl (C=O) groups excluding carboxylic acids is 1. The fourth-order valence-electron chi connectivity index (χ4n) is 4.93. The molecule has 2 aromatic carbocycles. The Balaban J connectivity index is 1.49. The summed E-state index contributed by atoms with van der Waals surface area (Å²) in [6, 6.07) is 9.04. The Kier molecular flexibility index (Phi) is 7.01. The summed E-state index contributed by atoms with van der Waals surface area (Å²) in [5.41, 5.74) is 0.403. The van der Waals surface area contributed by atoms with Crippen molar-refractivity contribution in [1.82, 2.24) is 4.90 Å². The van der Waals surface area contributed by atoms with E-state index in [2.05, 4.69) is 0 Å². The highest BCUT2D eigenvalue weighted by atomic mass is 35.5. The molecule has 0 spiro atoms. The number of halogens is 5. The molecule has 2 aliphatic heterocycles. The Hall–Kier alpha value is -2.45. The van der Waals surface area contributed by atoms with Gasteiger partial charge in [-0.2, -0.15) is 13.2 Å². The Bertz CT molecular complexity index is 1090. The molecule has 0 saturated carbocycles. The molecule has 1 amide bonds. The molecule has 0 aromatic heterocycles. The first-order valence-electron chi connectivity index (χ1n) is 11.0. The van der Waals surface area contributed by atoms with Crippen molar-refractivity contribution in [2.45, 2.75) is 43.9 Å². The Morgan fingerprint density at radius 2 is 1.62 bits per heavy atom. The predicted molar refractivity (Wildman–Crippen MR) is 123 cm³/mol. The van der Waals surface area contributed by atoms with Gasteiger partial charge in [0.2, 0.25) is 5.91 Å². The second-order valence-electron chi connectivity index (χ2n) is 8.64. The second-order valence-corrected chi connectivity index (χ2v) is 9.45. The van der Waals surface area contributed by atoms with Gasteiger partial charge in [0, 0.05) is 24.0 Å². The quantitative estimate of drug-likeness (QED) is 0.539. The third-order valence-electron chi connectivity index (χ3n) is 6.65. The van der Waals surface area contributed by atoms with Crippen LogP contribution < -0.4 is 4.90 Å². The Labute approximate surface area is 205 Å². The highest BCUT2D eigenvalue weighted by Crippen LogP contribution is 2.42. The summed E-state index contributed by atoms with van der Waals surface area (Å²) >= 11 is 12.5. The highest BCUT2D eigenvalue weighted by molar-refractivity contribution is 6.33. The number of carboxylic acids is 1. The molecule has 0 radical (unpaired) electrons. The van der Waals surface area contributed by atoms with Crippen LogP contribution in [0.2, 0.25) is 10.0 Å². The van der Waals surface area contributed by atoms with Gasteiger partial charge in [0.1, 0.15) is 6.04 Å². The molecule has 0 bridgehead atoms. The van der Waals surface area contributed by atoms with Crippen molar-refractivity contribution in [3.05, 3.63) is 63.6 Å². The molecule has 5 nitrogen and oxygen atoms in total. The molecule has 2 saturated heterocycles. The maximum atomic E-state index is 13.5. The number of nitrogens with zero attached hydrogens (tertiary/aromatic N) is 2. The van der Waals surface area contributed by atoms with Crippen LogP contribution in [0.1, 0.15) is 42.9 Å². The number of aliphatic carboxylic acids is 1. The summed E-state index contributed by atoms with van der Waals surface area (Å²) in [5, 5.41) is 10.2. The molecule has 0 unspecified atom stereocenters. The van der Waals surface area contributed by atoms with E-state index in [0.717, 1.165) is 17.7 Å². The molecule has 4 rings (SSSR count). The zero-order chi connectivity index (χ0) is 24.6. The molecule has 1 N–H and O–H groups in total. The fraction of sp³-hybridized carbons (Fsp3) is 0.417. The lowest BCUT2D eigenvalue weighted by atomic mass is 9.93. The third kappa shape index (κ3) is 4.84. The molecule has 182 valence electrons. The van der Waals surface area contributed by atoms with Crippen LogP contribution in [-0.4, -0.2) is 41.0 Å². The number of piperidine rings is 1. The molecule has 2 fully saturated rings. The normalized spacial score (nSPS) is 21.7. The number of likely N-dealkylation sites (tertiary alicyclic amines) is 1.